The maximum Gasteiger partial charge on any atom is 0.0832 e. The van der Waals surface area contributed by atoms with Gasteiger partial charge in [-0.1, -0.05) is 33.6 Å². The Morgan fingerprint density at radius 2 is 2.18 bits per heavy atom. The van der Waals surface area contributed by atoms with Gasteiger partial charge < -0.3 is 0 Å². The highest BCUT2D eigenvalue weighted by Crippen LogP contribution is 2.39. The molecule has 0 bridgehead atoms. The summed E-state index contributed by atoms with van der Waals surface area (Å²) in [6.07, 6.45) is 4.53. The van der Waals surface area contributed by atoms with Gasteiger partial charge >= 0.3 is 0 Å². The Morgan fingerprint density at radius 3 is 2.82 bits per heavy atom. The van der Waals surface area contributed by atoms with Gasteiger partial charge in [-0.2, -0.15) is 5.10 Å². The predicted octanol–water partition coefficient (Wildman–Crippen LogP) is 4.30. The van der Waals surface area contributed by atoms with Crippen LogP contribution < -0.4 is 0 Å². The van der Waals surface area contributed by atoms with Gasteiger partial charge in [-0.25, -0.2) is 4.68 Å². The fraction of sp³-hybridized carbons (Fsp3) is 0.308. The van der Waals surface area contributed by atoms with E-state index in [9.17, 15) is 0 Å². The van der Waals surface area contributed by atoms with Gasteiger partial charge in [-0.05, 0) is 36.6 Å². The second kappa shape index (κ2) is 4.46. The third-order valence-corrected chi connectivity index (χ3v) is 3.97. The molecule has 2 nitrogen and oxygen atoms in total. The van der Waals surface area contributed by atoms with E-state index in [2.05, 4.69) is 33.2 Å². The predicted molar refractivity (Wildman–Crippen MR) is 73.2 cm³/mol. The molecule has 1 aromatic carbocycles. The fourth-order valence-corrected chi connectivity index (χ4v) is 2.53. The first-order valence-corrected chi connectivity index (χ1v) is 7.18. The standard InChI is InChI=1S/C13H12BrClN2/c14-8-9-1-4-13(11(15)7-9)17-6-5-12(16-17)10-2-3-10/h1,4-7,10H,2-3,8H2. The van der Waals surface area contributed by atoms with Crippen molar-refractivity contribution in [2.75, 3.05) is 0 Å². The number of alkyl halides is 1. The van der Waals surface area contributed by atoms with Crippen LogP contribution in [0.3, 0.4) is 0 Å². The van der Waals surface area contributed by atoms with Gasteiger partial charge in [0.25, 0.3) is 0 Å². The average molecular weight is 312 g/mol. The van der Waals surface area contributed by atoms with Gasteiger partial charge in [-0.3, -0.25) is 0 Å². The van der Waals surface area contributed by atoms with E-state index in [1.54, 1.807) is 0 Å². The van der Waals surface area contributed by atoms with Gasteiger partial charge in [0.15, 0.2) is 0 Å². The van der Waals surface area contributed by atoms with Crippen molar-refractivity contribution in [3.63, 3.8) is 0 Å². The first-order valence-electron chi connectivity index (χ1n) is 5.68. The third-order valence-electron chi connectivity index (χ3n) is 3.02. The quantitative estimate of drug-likeness (QED) is 0.773. The molecule has 0 radical (unpaired) electrons. The number of halogens is 2. The maximum atomic E-state index is 6.27. The Hall–Kier alpha value is -0.800. The molecule has 0 atom stereocenters. The molecule has 1 fully saturated rings. The van der Waals surface area contributed by atoms with Crippen molar-refractivity contribution < 1.29 is 0 Å². The maximum absolute atomic E-state index is 6.27. The van der Waals surface area contributed by atoms with Gasteiger partial charge in [0.1, 0.15) is 0 Å². The minimum atomic E-state index is 0.678. The van der Waals surface area contributed by atoms with Crippen LogP contribution in [0.5, 0.6) is 0 Å². The zero-order chi connectivity index (χ0) is 11.8. The summed E-state index contributed by atoms with van der Waals surface area (Å²) < 4.78 is 1.87. The zero-order valence-corrected chi connectivity index (χ0v) is 11.6. The second-order valence-corrected chi connectivity index (χ2v) is 5.35. The van der Waals surface area contributed by atoms with E-state index in [1.165, 1.54) is 24.1 Å². The molecule has 0 spiro atoms. The summed E-state index contributed by atoms with van der Waals surface area (Å²) in [6.45, 7) is 0. The number of rotatable bonds is 3. The Balaban J connectivity index is 1.96. The van der Waals surface area contributed by atoms with Crippen molar-refractivity contribution >= 4 is 27.5 Å². The van der Waals surface area contributed by atoms with Crippen molar-refractivity contribution in [3.05, 3.63) is 46.7 Å². The van der Waals surface area contributed by atoms with Crippen LogP contribution in [0.25, 0.3) is 5.69 Å². The van der Waals surface area contributed by atoms with Crippen molar-refractivity contribution in [2.45, 2.75) is 24.1 Å². The highest BCUT2D eigenvalue weighted by molar-refractivity contribution is 9.08. The van der Waals surface area contributed by atoms with Crippen LogP contribution in [0.15, 0.2) is 30.5 Å². The second-order valence-electron chi connectivity index (χ2n) is 4.38. The molecule has 2 aromatic rings. The Kier molecular flexibility index (Phi) is 2.97. The van der Waals surface area contributed by atoms with Crippen molar-refractivity contribution in [1.82, 2.24) is 9.78 Å². The van der Waals surface area contributed by atoms with Crippen molar-refractivity contribution in [2.24, 2.45) is 0 Å². The van der Waals surface area contributed by atoms with Crippen LogP contribution in [0.1, 0.15) is 30.0 Å². The minimum absolute atomic E-state index is 0.678. The SMILES string of the molecule is Clc1cc(CBr)ccc1-n1ccc(C2CC2)n1. The molecule has 1 aromatic heterocycles. The van der Waals surface area contributed by atoms with Gasteiger partial charge in [-0.15, -0.1) is 0 Å². The van der Waals surface area contributed by atoms with Crippen LogP contribution in [0.4, 0.5) is 0 Å². The number of hydrogen-bond acceptors (Lipinski definition) is 1. The molecule has 1 aliphatic carbocycles. The monoisotopic (exact) mass is 310 g/mol. The molecular weight excluding hydrogens is 300 g/mol. The fourth-order valence-electron chi connectivity index (χ4n) is 1.89. The number of aromatic nitrogens is 2. The highest BCUT2D eigenvalue weighted by Gasteiger charge is 2.26. The molecular formula is C13H12BrClN2. The summed E-state index contributed by atoms with van der Waals surface area (Å²) in [7, 11) is 0. The summed E-state index contributed by atoms with van der Waals surface area (Å²) in [5.41, 5.74) is 3.31. The topological polar surface area (TPSA) is 17.8 Å². The summed E-state index contributed by atoms with van der Waals surface area (Å²) in [6, 6.07) is 8.15. The van der Waals surface area contributed by atoms with Crippen LogP contribution in [0, 0.1) is 0 Å². The normalized spacial score (nSPS) is 15.2. The smallest absolute Gasteiger partial charge is 0.0832 e. The molecule has 0 saturated heterocycles. The average Bonchev–Trinajstić information content (AvgIpc) is 3.08. The first-order chi connectivity index (χ1) is 8.28. The third kappa shape index (κ3) is 2.26. The lowest BCUT2D eigenvalue weighted by atomic mass is 10.2. The summed E-state index contributed by atoms with van der Waals surface area (Å²) in [4.78, 5) is 0. The number of hydrogen-bond donors (Lipinski definition) is 0. The van der Waals surface area contributed by atoms with Crippen LogP contribution in [0.2, 0.25) is 5.02 Å². The molecule has 3 rings (SSSR count). The lowest BCUT2D eigenvalue weighted by Gasteiger charge is -2.05. The van der Waals surface area contributed by atoms with Crippen LogP contribution in [-0.2, 0) is 5.33 Å². The molecule has 1 aliphatic rings. The molecule has 88 valence electrons. The first kappa shape index (κ1) is 11.3. The highest BCUT2D eigenvalue weighted by atomic mass is 79.9. The van der Waals surface area contributed by atoms with E-state index in [-0.39, 0.29) is 0 Å². The van der Waals surface area contributed by atoms with E-state index in [1.807, 2.05) is 23.0 Å². The Labute approximate surface area is 114 Å². The van der Waals surface area contributed by atoms with E-state index >= 15 is 0 Å². The van der Waals surface area contributed by atoms with Crippen LogP contribution >= 0.6 is 27.5 Å². The van der Waals surface area contributed by atoms with Gasteiger partial charge in [0, 0.05) is 17.4 Å². The summed E-state index contributed by atoms with van der Waals surface area (Å²) in [5, 5.41) is 6.14. The minimum Gasteiger partial charge on any atom is -0.239 e. The van der Waals surface area contributed by atoms with Gasteiger partial charge in [0.05, 0.1) is 16.4 Å². The van der Waals surface area contributed by atoms with E-state index in [4.69, 9.17) is 11.6 Å². The number of nitrogens with zero attached hydrogens (tertiary/aromatic N) is 2. The molecule has 17 heavy (non-hydrogen) atoms. The lowest BCUT2D eigenvalue weighted by Crippen LogP contribution is -1.97. The lowest BCUT2D eigenvalue weighted by molar-refractivity contribution is 0.837. The molecule has 1 heterocycles. The van der Waals surface area contributed by atoms with Crippen molar-refractivity contribution in [3.8, 4) is 5.69 Å². The van der Waals surface area contributed by atoms with Crippen LogP contribution in [-0.4, -0.2) is 9.78 Å². The molecule has 1 saturated carbocycles. The number of benzene rings is 1. The Morgan fingerprint density at radius 1 is 1.35 bits per heavy atom. The van der Waals surface area contributed by atoms with Gasteiger partial charge in [0.2, 0.25) is 0 Å². The van der Waals surface area contributed by atoms with E-state index in [0.29, 0.717) is 5.92 Å². The zero-order valence-electron chi connectivity index (χ0n) is 9.24. The molecule has 0 unspecified atom stereocenters. The summed E-state index contributed by atoms with van der Waals surface area (Å²) >= 11 is 9.69. The largest absolute Gasteiger partial charge is 0.239 e. The van der Waals surface area contributed by atoms with E-state index < -0.39 is 0 Å². The van der Waals surface area contributed by atoms with E-state index in [0.717, 1.165) is 16.0 Å². The molecule has 0 amide bonds. The molecule has 0 N–H and O–H groups in total. The summed E-state index contributed by atoms with van der Waals surface area (Å²) in [5.74, 6) is 0.678. The molecule has 0 aliphatic heterocycles. The van der Waals surface area contributed by atoms with Crippen molar-refractivity contribution in [1.29, 1.82) is 0 Å². The Bertz CT molecular complexity index is 546. The molecule has 4 heteroatoms.